The van der Waals surface area contributed by atoms with Crippen molar-refractivity contribution in [3.05, 3.63) is 21.3 Å². The molecule has 0 spiro atoms. The maximum atomic E-state index is 6.01. The van der Waals surface area contributed by atoms with Gasteiger partial charge >= 0.3 is 0 Å². The summed E-state index contributed by atoms with van der Waals surface area (Å²) < 4.78 is 0. The lowest BCUT2D eigenvalue weighted by atomic mass is 10.2. The van der Waals surface area contributed by atoms with Gasteiger partial charge in [-0.15, -0.1) is 22.7 Å². The molecule has 0 bridgehead atoms. The summed E-state index contributed by atoms with van der Waals surface area (Å²) in [6, 6.07) is 2.63. The van der Waals surface area contributed by atoms with Gasteiger partial charge in [-0.05, 0) is 32.4 Å². The Morgan fingerprint density at radius 2 is 2.42 bits per heavy atom. The van der Waals surface area contributed by atoms with Gasteiger partial charge in [0.15, 0.2) is 5.13 Å². The number of anilines is 1. The minimum absolute atomic E-state index is 0.640. The number of thiophene rings is 1. The monoisotopic (exact) mass is 313 g/mol. The molecule has 1 aliphatic rings. The number of halogens is 1. The summed E-state index contributed by atoms with van der Waals surface area (Å²) in [5.74, 6) is 0. The summed E-state index contributed by atoms with van der Waals surface area (Å²) >= 11 is 9.23. The second-order valence-corrected chi connectivity index (χ2v) is 7.38. The summed E-state index contributed by atoms with van der Waals surface area (Å²) in [7, 11) is 0. The van der Waals surface area contributed by atoms with Gasteiger partial charge in [-0.2, -0.15) is 0 Å². The lowest BCUT2D eigenvalue weighted by Crippen LogP contribution is -2.25. The van der Waals surface area contributed by atoms with Crippen LogP contribution in [0, 0.1) is 0 Å². The highest BCUT2D eigenvalue weighted by molar-refractivity contribution is 7.17. The van der Waals surface area contributed by atoms with Crippen molar-refractivity contribution in [2.24, 2.45) is 0 Å². The van der Waals surface area contributed by atoms with Gasteiger partial charge in [-0.25, -0.2) is 4.98 Å². The Morgan fingerprint density at radius 1 is 1.58 bits per heavy atom. The summed E-state index contributed by atoms with van der Waals surface area (Å²) in [6.07, 6.45) is 2.57. The maximum Gasteiger partial charge on any atom is 0.180 e. The fourth-order valence-corrected chi connectivity index (χ4v) is 4.55. The van der Waals surface area contributed by atoms with Crippen molar-refractivity contribution in [1.82, 2.24) is 9.88 Å². The van der Waals surface area contributed by atoms with E-state index in [1.165, 1.54) is 24.3 Å². The van der Waals surface area contributed by atoms with Gasteiger partial charge in [0.05, 0.1) is 15.6 Å². The molecular formula is C13H16ClN3S2. The van der Waals surface area contributed by atoms with Crippen LogP contribution >= 0.6 is 34.3 Å². The number of rotatable bonds is 3. The Bertz CT molecular complexity index is 578. The lowest BCUT2D eigenvalue weighted by Gasteiger charge is -2.20. The minimum atomic E-state index is 0.640. The molecule has 2 aromatic rings. The molecule has 1 aliphatic heterocycles. The van der Waals surface area contributed by atoms with E-state index >= 15 is 0 Å². The molecule has 1 saturated heterocycles. The van der Waals surface area contributed by atoms with Crippen LogP contribution in [0.4, 0.5) is 5.13 Å². The van der Waals surface area contributed by atoms with Gasteiger partial charge in [0.25, 0.3) is 0 Å². The lowest BCUT2D eigenvalue weighted by molar-refractivity contribution is 0.263. The van der Waals surface area contributed by atoms with Gasteiger partial charge in [0.1, 0.15) is 0 Å². The van der Waals surface area contributed by atoms with Crippen molar-refractivity contribution < 1.29 is 0 Å². The van der Waals surface area contributed by atoms with E-state index in [4.69, 9.17) is 17.3 Å². The largest absolute Gasteiger partial charge is 0.375 e. The quantitative estimate of drug-likeness (QED) is 0.928. The first kappa shape index (κ1) is 13.4. The van der Waals surface area contributed by atoms with Crippen molar-refractivity contribution >= 4 is 39.4 Å². The SMILES string of the molecule is CC1CCCN1Cc1sc(N)nc1-c1cc(Cl)cs1. The van der Waals surface area contributed by atoms with Crippen molar-refractivity contribution in [1.29, 1.82) is 0 Å². The minimum Gasteiger partial charge on any atom is -0.375 e. The molecule has 0 aromatic carbocycles. The van der Waals surface area contributed by atoms with Crippen LogP contribution in [0.1, 0.15) is 24.6 Å². The maximum absolute atomic E-state index is 6.01. The second kappa shape index (κ2) is 5.40. The molecule has 1 unspecified atom stereocenters. The fourth-order valence-electron chi connectivity index (χ4n) is 2.52. The predicted octanol–water partition coefficient (Wildman–Crippen LogP) is 4.09. The highest BCUT2D eigenvalue weighted by Gasteiger charge is 2.23. The van der Waals surface area contributed by atoms with E-state index in [1.54, 1.807) is 22.7 Å². The number of hydrogen-bond acceptors (Lipinski definition) is 5. The van der Waals surface area contributed by atoms with E-state index in [-0.39, 0.29) is 0 Å². The first-order chi connectivity index (χ1) is 9.13. The zero-order chi connectivity index (χ0) is 13.4. The zero-order valence-corrected chi connectivity index (χ0v) is 13.1. The van der Waals surface area contributed by atoms with E-state index in [2.05, 4.69) is 16.8 Å². The second-order valence-electron chi connectivity index (χ2n) is 4.91. The van der Waals surface area contributed by atoms with Crippen molar-refractivity contribution in [3.8, 4) is 10.6 Å². The third-order valence-electron chi connectivity index (χ3n) is 3.55. The molecule has 3 rings (SSSR count). The Labute approximate surface area is 126 Å². The van der Waals surface area contributed by atoms with Gasteiger partial charge < -0.3 is 5.73 Å². The van der Waals surface area contributed by atoms with E-state index < -0.39 is 0 Å². The molecule has 0 aliphatic carbocycles. The zero-order valence-electron chi connectivity index (χ0n) is 10.7. The first-order valence-corrected chi connectivity index (χ1v) is 8.44. The number of aromatic nitrogens is 1. The molecule has 3 heterocycles. The Balaban J connectivity index is 1.89. The molecule has 1 atom stereocenters. The molecule has 19 heavy (non-hydrogen) atoms. The van der Waals surface area contributed by atoms with Crippen LogP contribution in [0.3, 0.4) is 0 Å². The van der Waals surface area contributed by atoms with Crippen LogP contribution in [-0.2, 0) is 6.54 Å². The fraction of sp³-hybridized carbons (Fsp3) is 0.462. The average molecular weight is 314 g/mol. The summed E-state index contributed by atoms with van der Waals surface area (Å²) in [5, 5.41) is 3.35. The van der Waals surface area contributed by atoms with Gasteiger partial charge in [-0.3, -0.25) is 4.90 Å². The number of nitrogens with zero attached hydrogens (tertiary/aromatic N) is 2. The molecule has 0 amide bonds. The Kier molecular flexibility index (Phi) is 3.80. The number of nitrogen functional groups attached to an aromatic ring is 1. The molecule has 2 N–H and O–H groups in total. The van der Waals surface area contributed by atoms with Crippen LogP contribution in [0.2, 0.25) is 5.02 Å². The third-order valence-corrected chi connectivity index (χ3v) is 5.71. The molecule has 2 aromatic heterocycles. The first-order valence-electron chi connectivity index (χ1n) is 6.37. The van der Waals surface area contributed by atoms with Crippen LogP contribution in [0.5, 0.6) is 0 Å². The van der Waals surface area contributed by atoms with Gasteiger partial charge in [-0.1, -0.05) is 11.6 Å². The summed E-state index contributed by atoms with van der Waals surface area (Å²) in [5.41, 5.74) is 6.91. The Morgan fingerprint density at radius 3 is 3.05 bits per heavy atom. The van der Waals surface area contributed by atoms with E-state index in [0.717, 1.165) is 22.1 Å². The molecule has 6 heteroatoms. The smallest absolute Gasteiger partial charge is 0.180 e. The van der Waals surface area contributed by atoms with Gasteiger partial charge in [0, 0.05) is 22.8 Å². The summed E-state index contributed by atoms with van der Waals surface area (Å²) in [6.45, 7) is 4.41. The topological polar surface area (TPSA) is 42.1 Å². The number of likely N-dealkylation sites (tertiary alicyclic amines) is 1. The van der Waals surface area contributed by atoms with Crippen molar-refractivity contribution in [2.45, 2.75) is 32.4 Å². The third kappa shape index (κ3) is 2.79. The normalized spacial score (nSPS) is 20.2. The molecule has 1 fully saturated rings. The van der Waals surface area contributed by atoms with Crippen LogP contribution in [-0.4, -0.2) is 22.5 Å². The summed E-state index contributed by atoms with van der Waals surface area (Å²) in [4.78, 5) is 9.35. The molecular weight excluding hydrogens is 298 g/mol. The van der Waals surface area contributed by atoms with E-state index in [0.29, 0.717) is 11.2 Å². The van der Waals surface area contributed by atoms with Crippen molar-refractivity contribution in [2.75, 3.05) is 12.3 Å². The van der Waals surface area contributed by atoms with Crippen molar-refractivity contribution in [3.63, 3.8) is 0 Å². The molecule has 0 saturated carbocycles. The van der Waals surface area contributed by atoms with Crippen LogP contribution < -0.4 is 5.73 Å². The number of nitrogens with two attached hydrogens (primary N) is 1. The molecule has 3 nitrogen and oxygen atoms in total. The standard InChI is InChI=1S/C13H16ClN3S2/c1-8-3-2-4-17(8)6-11-12(16-13(15)19-11)10-5-9(14)7-18-10/h5,7-8H,2-4,6H2,1H3,(H2,15,16). The predicted molar refractivity (Wildman–Crippen MR) is 84.0 cm³/mol. The average Bonchev–Trinajstić information content (AvgIpc) is 3.03. The van der Waals surface area contributed by atoms with Gasteiger partial charge in [0.2, 0.25) is 0 Å². The highest BCUT2D eigenvalue weighted by Crippen LogP contribution is 2.36. The van der Waals surface area contributed by atoms with E-state index in [1.807, 2.05) is 11.4 Å². The highest BCUT2D eigenvalue weighted by atomic mass is 35.5. The van der Waals surface area contributed by atoms with Crippen LogP contribution in [0.25, 0.3) is 10.6 Å². The molecule has 102 valence electrons. The van der Waals surface area contributed by atoms with Crippen LogP contribution in [0.15, 0.2) is 11.4 Å². The Hall–Kier alpha value is -0.620. The number of thiazole rings is 1. The molecule has 0 radical (unpaired) electrons. The van der Waals surface area contributed by atoms with E-state index in [9.17, 15) is 0 Å². The number of hydrogen-bond donors (Lipinski definition) is 1.